The molecule has 6 heteroatoms. The van der Waals surface area contributed by atoms with E-state index in [1.165, 1.54) is 18.9 Å². The summed E-state index contributed by atoms with van der Waals surface area (Å²) in [6.07, 6.45) is 1.22. The topological polar surface area (TPSA) is 77.9 Å². The number of hydrogen-bond donors (Lipinski definition) is 1. The van der Waals surface area contributed by atoms with E-state index in [0.717, 1.165) is 6.42 Å². The average molecular weight is 270 g/mol. The van der Waals surface area contributed by atoms with Gasteiger partial charge in [0.05, 0.1) is 0 Å². The van der Waals surface area contributed by atoms with Gasteiger partial charge in [0, 0.05) is 20.0 Å². The summed E-state index contributed by atoms with van der Waals surface area (Å²) in [5.41, 5.74) is 0. The summed E-state index contributed by atoms with van der Waals surface area (Å²) < 4.78 is 0. The third-order valence-electron chi connectivity index (χ3n) is 3.62. The predicted octanol–water partition coefficient (Wildman–Crippen LogP) is 0.565. The van der Waals surface area contributed by atoms with Crippen LogP contribution in [0.3, 0.4) is 0 Å². The number of likely N-dealkylation sites (N-methyl/N-ethyl adjacent to an activating group) is 1. The Hall–Kier alpha value is -1.59. The number of aliphatic carboxylic acids is 1. The van der Waals surface area contributed by atoms with Crippen molar-refractivity contribution in [3.8, 4) is 0 Å². The number of likely N-dealkylation sites (tertiary alicyclic amines) is 1. The number of rotatable bonds is 5. The second-order valence-electron chi connectivity index (χ2n) is 5.34. The fourth-order valence-electron chi connectivity index (χ4n) is 2.31. The van der Waals surface area contributed by atoms with Crippen molar-refractivity contribution in [1.29, 1.82) is 0 Å². The molecule has 0 unspecified atom stereocenters. The first-order valence-electron chi connectivity index (χ1n) is 6.56. The lowest BCUT2D eigenvalue weighted by molar-refractivity contribution is -0.153. The number of carbonyl (C=O) groups excluding carboxylic acids is 2. The number of carboxylic acids is 1. The maximum absolute atomic E-state index is 12.4. The van der Waals surface area contributed by atoms with E-state index >= 15 is 0 Å². The lowest BCUT2D eigenvalue weighted by Crippen LogP contribution is -2.54. The maximum atomic E-state index is 12.4. The minimum Gasteiger partial charge on any atom is -0.480 e. The SMILES string of the molecule is CC(C)[C@@H](C(=O)N(C)[C@H](C)C(=O)O)N1CCCC1=O. The van der Waals surface area contributed by atoms with E-state index in [1.807, 2.05) is 13.8 Å². The van der Waals surface area contributed by atoms with Gasteiger partial charge in [-0.25, -0.2) is 4.79 Å². The molecule has 0 aromatic carbocycles. The molecule has 1 N–H and O–H groups in total. The fourth-order valence-corrected chi connectivity index (χ4v) is 2.31. The van der Waals surface area contributed by atoms with E-state index in [2.05, 4.69) is 0 Å². The summed E-state index contributed by atoms with van der Waals surface area (Å²) in [5.74, 6) is -1.42. The standard InChI is InChI=1S/C13H22N2O4/c1-8(2)11(15-7-5-6-10(15)16)12(17)14(4)9(3)13(18)19/h8-9,11H,5-7H2,1-4H3,(H,18,19)/t9-,11+/m1/s1. The van der Waals surface area contributed by atoms with Crippen LogP contribution in [0.5, 0.6) is 0 Å². The van der Waals surface area contributed by atoms with Crippen molar-refractivity contribution in [2.24, 2.45) is 5.92 Å². The van der Waals surface area contributed by atoms with Crippen LogP contribution >= 0.6 is 0 Å². The molecule has 0 bridgehead atoms. The highest BCUT2D eigenvalue weighted by Gasteiger charge is 2.38. The number of carbonyl (C=O) groups is 3. The largest absolute Gasteiger partial charge is 0.480 e. The van der Waals surface area contributed by atoms with Crippen molar-refractivity contribution in [2.45, 2.75) is 45.7 Å². The first kappa shape index (κ1) is 15.5. The van der Waals surface area contributed by atoms with Crippen molar-refractivity contribution in [3.63, 3.8) is 0 Å². The van der Waals surface area contributed by atoms with Crippen LogP contribution in [0.1, 0.15) is 33.6 Å². The molecule has 108 valence electrons. The van der Waals surface area contributed by atoms with E-state index in [1.54, 1.807) is 4.90 Å². The van der Waals surface area contributed by atoms with Crippen LogP contribution in [0, 0.1) is 5.92 Å². The Balaban J connectivity index is 2.90. The Morgan fingerprint density at radius 1 is 1.32 bits per heavy atom. The van der Waals surface area contributed by atoms with Gasteiger partial charge in [-0.2, -0.15) is 0 Å². The molecule has 1 aliphatic heterocycles. The molecule has 0 spiro atoms. The monoisotopic (exact) mass is 270 g/mol. The van der Waals surface area contributed by atoms with E-state index in [0.29, 0.717) is 13.0 Å². The van der Waals surface area contributed by atoms with Crippen molar-refractivity contribution in [3.05, 3.63) is 0 Å². The quantitative estimate of drug-likeness (QED) is 0.792. The van der Waals surface area contributed by atoms with Crippen LogP contribution in [-0.4, -0.2) is 58.4 Å². The molecular formula is C13H22N2O4. The van der Waals surface area contributed by atoms with Crippen molar-refractivity contribution >= 4 is 17.8 Å². The predicted molar refractivity (Wildman–Crippen MR) is 69.4 cm³/mol. The Kier molecular flexibility index (Phi) is 4.91. The summed E-state index contributed by atoms with van der Waals surface area (Å²) in [4.78, 5) is 38.0. The van der Waals surface area contributed by atoms with Gasteiger partial charge in [-0.05, 0) is 19.3 Å². The minimum absolute atomic E-state index is 0.0246. The number of nitrogens with zero attached hydrogens (tertiary/aromatic N) is 2. The van der Waals surface area contributed by atoms with E-state index in [9.17, 15) is 14.4 Å². The molecular weight excluding hydrogens is 248 g/mol. The molecule has 1 heterocycles. The molecule has 0 aromatic heterocycles. The second kappa shape index (κ2) is 6.04. The normalized spacial score (nSPS) is 18.6. The Morgan fingerprint density at radius 3 is 2.26 bits per heavy atom. The van der Waals surface area contributed by atoms with Gasteiger partial charge < -0.3 is 14.9 Å². The van der Waals surface area contributed by atoms with Gasteiger partial charge in [0.1, 0.15) is 12.1 Å². The molecule has 1 rings (SSSR count). The summed E-state index contributed by atoms with van der Waals surface area (Å²) in [7, 11) is 1.47. The zero-order chi connectivity index (χ0) is 14.7. The Labute approximate surface area is 113 Å². The van der Waals surface area contributed by atoms with Crippen molar-refractivity contribution < 1.29 is 19.5 Å². The summed E-state index contributed by atoms with van der Waals surface area (Å²) in [5, 5.41) is 8.96. The molecule has 1 fully saturated rings. The van der Waals surface area contributed by atoms with Gasteiger partial charge in [-0.3, -0.25) is 9.59 Å². The molecule has 2 amide bonds. The average Bonchev–Trinajstić information content (AvgIpc) is 2.73. The molecule has 19 heavy (non-hydrogen) atoms. The number of hydrogen-bond acceptors (Lipinski definition) is 3. The molecule has 0 aromatic rings. The van der Waals surface area contributed by atoms with Crippen LogP contribution < -0.4 is 0 Å². The third-order valence-corrected chi connectivity index (χ3v) is 3.62. The highest BCUT2D eigenvalue weighted by atomic mass is 16.4. The summed E-state index contributed by atoms with van der Waals surface area (Å²) >= 11 is 0. The first-order chi connectivity index (χ1) is 8.77. The molecule has 1 saturated heterocycles. The molecule has 0 saturated carbocycles. The van der Waals surface area contributed by atoms with Gasteiger partial charge in [0.15, 0.2) is 0 Å². The number of carboxylic acid groups (broad SMARTS) is 1. The lowest BCUT2D eigenvalue weighted by atomic mass is 10.0. The molecule has 0 radical (unpaired) electrons. The van der Waals surface area contributed by atoms with Gasteiger partial charge in [0.2, 0.25) is 11.8 Å². The molecule has 0 aliphatic carbocycles. The van der Waals surface area contributed by atoms with Crippen molar-refractivity contribution in [2.75, 3.05) is 13.6 Å². The van der Waals surface area contributed by atoms with E-state index in [-0.39, 0.29) is 17.7 Å². The molecule has 1 aliphatic rings. The summed E-state index contributed by atoms with van der Waals surface area (Å²) in [6.45, 7) is 5.77. The van der Waals surface area contributed by atoms with Crippen LogP contribution in [0.15, 0.2) is 0 Å². The lowest BCUT2D eigenvalue weighted by Gasteiger charge is -2.34. The summed E-state index contributed by atoms with van der Waals surface area (Å²) in [6, 6.07) is -1.46. The highest BCUT2D eigenvalue weighted by Crippen LogP contribution is 2.21. The highest BCUT2D eigenvalue weighted by molar-refractivity contribution is 5.91. The first-order valence-corrected chi connectivity index (χ1v) is 6.56. The van der Waals surface area contributed by atoms with E-state index in [4.69, 9.17) is 5.11 Å². The Bertz CT molecular complexity index is 381. The fraction of sp³-hybridized carbons (Fsp3) is 0.769. The van der Waals surface area contributed by atoms with Gasteiger partial charge in [-0.1, -0.05) is 13.8 Å². The van der Waals surface area contributed by atoms with E-state index < -0.39 is 18.1 Å². The van der Waals surface area contributed by atoms with Gasteiger partial charge in [0.25, 0.3) is 0 Å². The van der Waals surface area contributed by atoms with Crippen molar-refractivity contribution in [1.82, 2.24) is 9.80 Å². The van der Waals surface area contributed by atoms with Crippen LogP contribution in [0.2, 0.25) is 0 Å². The minimum atomic E-state index is -1.05. The number of amides is 2. The van der Waals surface area contributed by atoms with Crippen LogP contribution in [0.4, 0.5) is 0 Å². The maximum Gasteiger partial charge on any atom is 0.326 e. The molecule has 6 nitrogen and oxygen atoms in total. The van der Waals surface area contributed by atoms with Crippen LogP contribution in [-0.2, 0) is 14.4 Å². The van der Waals surface area contributed by atoms with Gasteiger partial charge >= 0.3 is 5.97 Å². The van der Waals surface area contributed by atoms with Gasteiger partial charge in [-0.15, -0.1) is 0 Å². The van der Waals surface area contributed by atoms with Crippen LogP contribution in [0.25, 0.3) is 0 Å². The Morgan fingerprint density at radius 2 is 1.89 bits per heavy atom. The molecule has 2 atom stereocenters. The smallest absolute Gasteiger partial charge is 0.326 e. The zero-order valence-electron chi connectivity index (χ0n) is 11.9. The second-order valence-corrected chi connectivity index (χ2v) is 5.34. The third kappa shape index (κ3) is 3.24. The zero-order valence-corrected chi connectivity index (χ0v) is 11.9.